The first-order valence-electron chi connectivity index (χ1n) is 43.7. The number of rotatable bonds is 10. The van der Waals surface area contributed by atoms with E-state index in [2.05, 4.69) is 312 Å². The first-order chi connectivity index (χ1) is 60.2. The lowest BCUT2D eigenvalue weighted by Gasteiger charge is -2.46. The third-order valence-electron chi connectivity index (χ3n) is 24.3. The number of aromatic nitrogens is 1. The molecule has 0 saturated heterocycles. The molecule has 17 aromatic carbocycles. The second-order valence-corrected chi connectivity index (χ2v) is 33.2. The first-order valence-corrected chi connectivity index (χ1v) is 40.2. The molecule has 0 N–H and O–H groups in total. The van der Waals surface area contributed by atoms with Gasteiger partial charge in [0.25, 0.3) is 6.71 Å². The van der Waals surface area contributed by atoms with Crippen molar-refractivity contribution < 1.29 is 22.8 Å². The van der Waals surface area contributed by atoms with Crippen LogP contribution in [-0.2, 0) is 10.8 Å². The van der Waals surface area contributed by atoms with Crippen molar-refractivity contribution in [2.75, 3.05) is 9.80 Å². The van der Waals surface area contributed by atoms with Crippen LogP contribution in [0, 0.1) is 0 Å². The molecule has 0 aliphatic carbocycles. The van der Waals surface area contributed by atoms with E-state index in [1.54, 1.807) is 4.57 Å². The summed E-state index contributed by atoms with van der Waals surface area (Å²) >= 11 is 0. The van der Waals surface area contributed by atoms with E-state index < -0.39 is 29.6 Å². The molecule has 0 spiro atoms. The molecule has 0 bridgehead atoms. The number of furan rings is 3. The zero-order chi connectivity index (χ0) is 84.2. The Labute approximate surface area is 688 Å². The largest absolute Gasteiger partial charge is 0.456 e. The smallest absolute Gasteiger partial charge is 0.252 e. The van der Waals surface area contributed by atoms with Crippen LogP contribution in [0.5, 0.6) is 0 Å². The molecule has 0 unspecified atom stereocenters. The molecule has 4 aromatic heterocycles. The summed E-state index contributed by atoms with van der Waals surface area (Å²) in [5.41, 5.74) is 26.7. The third kappa shape index (κ3) is 10.7. The Bertz CT molecular complexity index is 7990. The third-order valence-corrected chi connectivity index (χ3v) is 24.3. The van der Waals surface area contributed by atoms with Gasteiger partial charge < -0.3 is 27.6 Å². The number of nitrogens with zero attached hydrogens (tertiary/aromatic N) is 3. The topological polar surface area (TPSA) is 50.8 Å². The lowest BCUT2D eigenvalue weighted by molar-refractivity contribution is 0.590. The molecular weight excluding hydrogens is 1420 g/mol. The summed E-state index contributed by atoms with van der Waals surface area (Å²) in [5, 5.41) is 6.12. The highest BCUT2D eigenvalue weighted by Crippen LogP contribution is 2.58. The summed E-state index contributed by atoms with van der Waals surface area (Å²) in [7, 11) is 0. The van der Waals surface area contributed by atoms with Gasteiger partial charge in [0.15, 0.2) is 0 Å². The maximum Gasteiger partial charge on any atom is 0.252 e. The monoisotopic (exact) mass is 1510 g/mol. The van der Waals surface area contributed by atoms with E-state index in [9.17, 15) is 9.60 Å². The number of hydrogen-bond donors (Lipinski definition) is 0. The maximum atomic E-state index is 10.5. The Morgan fingerprint density at radius 2 is 0.769 bits per heavy atom. The van der Waals surface area contributed by atoms with Crippen molar-refractivity contribution in [1.29, 1.82) is 0 Å². The van der Waals surface area contributed by atoms with Crippen LogP contribution in [-0.4, -0.2) is 11.3 Å². The van der Waals surface area contributed by atoms with Crippen molar-refractivity contribution in [3.05, 3.63) is 375 Å². The van der Waals surface area contributed by atoms with Gasteiger partial charge in [0, 0.05) is 99.3 Å². The molecule has 0 amide bonds. The van der Waals surface area contributed by atoms with Crippen LogP contribution in [0.15, 0.2) is 377 Å². The Morgan fingerprint density at radius 3 is 1.39 bits per heavy atom. The molecule has 2 aliphatic heterocycles. The van der Waals surface area contributed by atoms with E-state index in [4.69, 9.17) is 13.3 Å². The number of para-hydroxylation sites is 5. The molecule has 0 radical (unpaired) electrons. The molecule has 7 heteroatoms. The number of benzene rings is 17. The molecule has 117 heavy (non-hydrogen) atoms. The van der Waals surface area contributed by atoms with Gasteiger partial charge in [-0.2, -0.15) is 0 Å². The Balaban J connectivity index is 0.929. The molecule has 23 rings (SSSR count). The normalized spacial score (nSPS) is 13.7. The highest BCUT2D eigenvalue weighted by molar-refractivity contribution is 7.00. The quantitative estimate of drug-likeness (QED) is 0.128. The van der Waals surface area contributed by atoms with Crippen LogP contribution in [0.3, 0.4) is 0 Å². The van der Waals surface area contributed by atoms with Gasteiger partial charge in [0.2, 0.25) is 0 Å². The van der Waals surface area contributed by atoms with Gasteiger partial charge in [-0.15, -0.1) is 0 Å². The lowest BCUT2D eigenvalue weighted by Crippen LogP contribution is -2.61. The van der Waals surface area contributed by atoms with E-state index >= 15 is 0 Å². The first kappa shape index (κ1) is 61.2. The van der Waals surface area contributed by atoms with E-state index in [1.165, 1.54) is 0 Å². The fraction of sp³-hybridized carbons (Fsp3) is 0.0727. The molecule has 0 atom stereocenters. The zero-order valence-electron chi connectivity index (χ0n) is 72.2. The summed E-state index contributed by atoms with van der Waals surface area (Å²) in [6, 6.07) is 111. The minimum Gasteiger partial charge on any atom is -0.456 e. The van der Waals surface area contributed by atoms with Crippen molar-refractivity contribution in [1.82, 2.24) is 4.57 Å². The number of anilines is 6. The van der Waals surface area contributed by atoms with Crippen LogP contribution in [0.25, 0.3) is 171 Å². The summed E-state index contributed by atoms with van der Waals surface area (Å²) in [6.07, 6.45) is 0. The molecule has 2 aliphatic rings. The lowest BCUT2D eigenvalue weighted by atomic mass is 9.33. The molecular formula is C110H78BN3O3. The minimum atomic E-state index is -0.584. The summed E-state index contributed by atoms with van der Waals surface area (Å²) in [6.45, 7) is 13.2. The Morgan fingerprint density at radius 1 is 0.291 bits per heavy atom. The summed E-state index contributed by atoms with van der Waals surface area (Å²) < 4.78 is 93.0. The van der Waals surface area contributed by atoms with Gasteiger partial charge in [-0.25, -0.2) is 0 Å². The van der Waals surface area contributed by atoms with Crippen LogP contribution >= 0.6 is 0 Å². The molecule has 0 fully saturated rings. The SMILES string of the molecule is [2H]c1c([2H])c([2H])c2c(c1[2H])c1c([2H])c(-c3ccccc3)c([2H])c([2H])c1n2-c1ccc2c(c1)N(c1c(-c3ccccc3)cc(-c3ccccc3)cc1-c1cccc3c1oc1ccccc13)c1cc(C(C)(C)C)cc3c1B2c1cc(-c2ccccc2)ccc1N3c1c(-c2cccc3oc4ccccc4c23)cc(C(C)(C)C)cc1-c1cccc2oc3ccccc3c12. The standard InChI is InChI=1S/C110H78BN3O3/c1-109(2,3)74-62-88(79-42-28-50-101-103(79)83-40-21-25-48-99(83)115-101)107(89(63-74)80-43-29-51-102-104(80)84-41-22-26-49-100(84)116-102)113-94-57-53-72(68-32-13-8-14-33-68)61-91(94)111-90-55-54-76(112-92-46-23-19-38-77(92)86-58-71(52-56-93(86)112)67-30-11-7-12-31-67)66-95(90)114(97-65-75(110(4,5)6)64-96(113)105(97)111)106-85(70-36-17-10-18-37-70)59-73(69-34-15-9-16-35-69)60-87(106)82-45-27-44-81-78-39-20-24-47-98(78)117-108(81)82/h7-66H,1-6H3/i19D,23D,38D,46D,52D,56D,58D. The van der Waals surface area contributed by atoms with E-state index in [0.29, 0.717) is 16.8 Å². The van der Waals surface area contributed by atoms with Crippen molar-refractivity contribution in [3.8, 4) is 83.6 Å². The van der Waals surface area contributed by atoms with Gasteiger partial charge in [-0.1, -0.05) is 302 Å². The number of fused-ring (bicyclic) bond motifs is 16. The van der Waals surface area contributed by atoms with E-state index in [0.717, 1.165) is 189 Å². The van der Waals surface area contributed by atoms with Crippen molar-refractivity contribution in [3.63, 3.8) is 0 Å². The van der Waals surface area contributed by atoms with E-state index in [-0.39, 0.29) is 57.6 Å². The Kier molecular flexibility index (Phi) is 13.6. The van der Waals surface area contributed by atoms with E-state index in [1.807, 2.05) is 60.7 Å². The fourth-order valence-electron chi connectivity index (χ4n) is 18.8. The second-order valence-electron chi connectivity index (χ2n) is 33.2. The van der Waals surface area contributed by atoms with Gasteiger partial charge in [-0.05, 0) is 191 Å². The summed E-state index contributed by atoms with van der Waals surface area (Å²) in [5.74, 6) is 0. The predicted molar refractivity (Wildman–Crippen MR) is 492 cm³/mol. The van der Waals surface area contributed by atoms with Crippen molar-refractivity contribution in [2.24, 2.45) is 0 Å². The van der Waals surface area contributed by atoms with Gasteiger partial charge in [0.05, 0.1) is 32.0 Å². The van der Waals surface area contributed by atoms with Gasteiger partial charge in [-0.3, -0.25) is 0 Å². The molecule has 6 nitrogen and oxygen atoms in total. The maximum absolute atomic E-state index is 10.5. The van der Waals surface area contributed by atoms with Gasteiger partial charge >= 0.3 is 0 Å². The molecule has 0 saturated carbocycles. The highest BCUT2D eigenvalue weighted by Gasteiger charge is 2.47. The molecule has 21 aromatic rings. The molecule has 6 heterocycles. The van der Waals surface area contributed by atoms with Crippen LogP contribution in [0.2, 0.25) is 0 Å². The number of hydrogen-bond acceptors (Lipinski definition) is 5. The zero-order valence-corrected chi connectivity index (χ0v) is 65.2. The van der Waals surface area contributed by atoms with Crippen molar-refractivity contribution in [2.45, 2.75) is 52.4 Å². The molecule has 554 valence electrons. The van der Waals surface area contributed by atoms with Crippen LogP contribution in [0.4, 0.5) is 34.1 Å². The minimum absolute atomic E-state index is 0.0792. The Hall–Kier alpha value is -14.4. The van der Waals surface area contributed by atoms with Gasteiger partial charge in [0.1, 0.15) is 33.5 Å². The average molecular weight is 1510 g/mol. The average Bonchev–Trinajstić information content (AvgIpc) is 1.54. The predicted octanol–water partition coefficient (Wildman–Crippen LogP) is 28.8. The highest BCUT2D eigenvalue weighted by atomic mass is 16.3. The second kappa shape index (κ2) is 26.1. The van der Waals surface area contributed by atoms with Crippen molar-refractivity contribution >= 4 is 145 Å². The van der Waals surface area contributed by atoms with Crippen LogP contribution in [0.1, 0.15) is 62.3 Å². The van der Waals surface area contributed by atoms with Crippen LogP contribution < -0.4 is 26.2 Å². The summed E-state index contributed by atoms with van der Waals surface area (Å²) in [4.78, 5) is 5.08. The fourth-order valence-corrected chi connectivity index (χ4v) is 18.8.